The number of carbonyl (C=O) groups is 1. The largest absolute Gasteiger partial charge is 0.467 e. The number of nitrogens with one attached hydrogen (secondary N) is 1. The first-order valence-corrected chi connectivity index (χ1v) is 7.43. The van der Waals surface area contributed by atoms with Crippen LogP contribution >= 0.6 is 23.2 Å². The van der Waals surface area contributed by atoms with Crippen molar-refractivity contribution < 1.29 is 23.1 Å². The molecular formula is C10H12Cl2N2O5S. The third-order valence-corrected chi connectivity index (χ3v) is 4.64. The number of ether oxygens (including phenoxy) is 1. The summed E-state index contributed by atoms with van der Waals surface area (Å²) in [6.45, 7) is -0.562. The summed E-state index contributed by atoms with van der Waals surface area (Å²) in [4.78, 5) is 10.7. The fraction of sp³-hybridized carbons (Fsp3) is 0.300. The van der Waals surface area contributed by atoms with Gasteiger partial charge in [0.05, 0.1) is 22.8 Å². The molecule has 1 rings (SSSR count). The number of carbonyl (C=O) groups excluding carboxylic acids is 1. The van der Waals surface area contributed by atoms with Crippen LogP contribution in [0.4, 0.5) is 5.69 Å². The second-order valence-electron chi connectivity index (χ2n) is 3.66. The maximum Gasteiger partial charge on any atom is 0.336 e. The molecule has 7 nitrogen and oxygen atoms in total. The van der Waals surface area contributed by atoms with Crippen molar-refractivity contribution in [2.75, 3.05) is 19.4 Å². The third kappa shape index (κ3) is 3.74. The maximum atomic E-state index is 12.0. The van der Waals surface area contributed by atoms with E-state index in [-0.39, 0.29) is 20.6 Å². The number of nitrogens with two attached hydrogens (primary N) is 1. The predicted octanol–water partition coefficient (Wildman–Crippen LogP) is 0.388. The molecule has 1 unspecified atom stereocenters. The summed E-state index contributed by atoms with van der Waals surface area (Å²) in [5.41, 5.74) is 5.45. The molecule has 0 heterocycles. The molecule has 112 valence electrons. The summed E-state index contributed by atoms with van der Waals surface area (Å²) < 4.78 is 30.2. The Morgan fingerprint density at radius 2 is 2.10 bits per heavy atom. The van der Waals surface area contributed by atoms with Crippen molar-refractivity contribution in [1.82, 2.24) is 4.72 Å². The summed E-state index contributed by atoms with van der Waals surface area (Å²) >= 11 is 11.5. The van der Waals surface area contributed by atoms with Crippen LogP contribution in [0.5, 0.6) is 0 Å². The number of aliphatic hydroxyl groups excluding tert-OH is 1. The number of rotatable bonds is 5. The molecule has 20 heavy (non-hydrogen) atoms. The van der Waals surface area contributed by atoms with E-state index in [1.165, 1.54) is 6.07 Å². The molecule has 0 aliphatic carbocycles. The van der Waals surface area contributed by atoms with Gasteiger partial charge in [0, 0.05) is 6.54 Å². The van der Waals surface area contributed by atoms with Gasteiger partial charge in [-0.05, 0) is 12.1 Å². The van der Waals surface area contributed by atoms with Crippen LogP contribution in [0.1, 0.15) is 0 Å². The maximum absolute atomic E-state index is 12.0. The average Bonchev–Trinajstić information content (AvgIpc) is 2.41. The molecule has 0 saturated heterocycles. The number of benzene rings is 1. The Labute approximate surface area is 125 Å². The van der Waals surface area contributed by atoms with Gasteiger partial charge in [-0.25, -0.2) is 17.9 Å². The first-order chi connectivity index (χ1) is 9.20. The van der Waals surface area contributed by atoms with Crippen molar-refractivity contribution in [3.63, 3.8) is 0 Å². The van der Waals surface area contributed by atoms with Crippen LogP contribution in [0, 0.1) is 0 Å². The third-order valence-electron chi connectivity index (χ3n) is 2.32. The first-order valence-electron chi connectivity index (χ1n) is 5.19. The van der Waals surface area contributed by atoms with Crippen LogP contribution in [-0.2, 0) is 19.6 Å². The Bertz CT molecular complexity index is 620. The summed E-state index contributed by atoms with van der Waals surface area (Å²) in [5.74, 6) is -0.964. The molecule has 0 amide bonds. The van der Waals surface area contributed by atoms with Crippen molar-refractivity contribution in [2.45, 2.75) is 11.0 Å². The minimum atomic E-state index is -4.06. The zero-order valence-electron chi connectivity index (χ0n) is 10.3. The highest BCUT2D eigenvalue weighted by atomic mass is 35.5. The molecule has 0 spiro atoms. The Morgan fingerprint density at radius 3 is 2.65 bits per heavy atom. The van der Waals surface area contributed by atoms with Gasteiger partial charge in [0.15, 0.2) is 6.10 Å². The van der Waals surface area contributed by atoms with Crippen molar-refractivity contribution in [2.24, 2.45) is 0 Å². The van der Waals surface area contributed by atoms with Crippen LogP contribution in [0.25, 0.3) is 0 Å². The zero-order chi connectivity index (χ0) is 15.5. The van der Waals surface area contributed by atoms with Crippen LogP contribution in [0.2, 0.25) is 10.0 Å². The average molecular weight is 343 g/mol. The Morgan fingerprint density at radius 1 is 1.50 bits per heavy atom. The molecule has 0 radical (unpaired) electrons. The van der Waals surface area contributed by atoms with E-state index in [4.69, 9.17) is 28.9 Å². The minimum Gasteiger partial charge on any atom is -0.467 e. The lowest BCUT2D eigenvalue weighted by atomic mass is 10.3. The van der Waals surface area contributed by atoms with E-state index >= 15 is 0 Å². The van der Waals surface area contributed by atoms with Gasteiger partial charge in [-0.3, -0.25) is 0 Å². The number of esters is 1. The van der Waals surface area contributed by atoms with Gasteiger partial charge < -0.3 is 15.6 Å². The van der Waals surface area contributed by atoms with E-state index in [0.29, 0.717) is 0 Å². The smallest absolute Gasteiger partial charge is 0.336 e. The van der Waals surface area contributed by atoms with E-state index in [2.05, 4.69) is 4.74 Å². The molecule has 0 aliphatic rings. The lowest BCUT2D eigenvalue weighted by Crippen LogP contribution is -2.37. The predicted molar refractivity (Wildman–Crippen MR) is 74.1 cm³/mol. The molecule has 0 aromatic heterocycles. The molecule has 0 aliphatic heterocycles. The van der Waals surface area contributed by atoms with Gasteiger partial charge in [-0.1, -0.05) is 23.2 Å². The highest BCUT2D eigenvalue weighted by molar-refractivity contribution is 7.89. The Kier molecular flexibility index (Phi) is 5.60. The number of hydrogen-bond donors (Lipinski definition) is 3. The van der Waals surface area contributed by atoms with Gasteiger partial charge in [-0.2, -0.15) is 0 Å². The number of sulfonamides is 1. The van der Waals surface area contributed by atoms with Crippen LogP contribution < -0.4 is 10.5 Å². The molecule has 1 aromatic rings. The molecule has 0 fully saturated rings. The summed E-state index contributed by atoms with van der Waals surface area (Å²) in [7, 11) is -2.99. The van der Waals surface area contributed by atoms with E-state index < -0.39 is 28.6 Å². The number of aliphatic hydroxyl groups is 1. The number of halogens is 2. The van der Waals surface area contributed by atoms with Crippen molar-refractivity contribution >= 4 is 44.9 Å². The highest BCUT2D eigenvalue weighted by Crippen LogP contribution is 2.32. The second-order valence-corrected chi connectivity index (χ2v) is 6.18. The summed E-state index contributed by atoms with van der Waals surface area (Å²) in [6, 6.07) is 2.43. The number of nitrogen functional groups attached to an aromatic ring is 1. The van der Waals surface area contributed by atoms with E-state index in [9.17, 15) is 18.3 Å². The van der Waals surface area contributed by atoms with Gasteiger partial charge in [0.2, 0.25) is 10.0 Å². The fourth-order valence-corrected chi connectivity index (χ4v) is 3.04. The fourth-order valence-electron chi connectivity index (χ4n) is 1.24. The molecule has 0 bridgehead atoms. The van der Waals surface area contributed by atoms with E-state index in [1.54, 1.807) is 0 Å². The van der Waals surface area contributed by atoms with Crippen LogP contribution in [0.15, 0.2) is 17.0 Å². The zero-order valence-corrected chi connectivity index (χ0v) is 12.6. The highest BCUT2D eigenvalue weighted by Gasteiger charge is 2.23. The number of methoxy groups -OCH3 is 1. The SMILES string of the molecule is COC(=O)C(O)CNS(=O)(=O)c1ccc(Cl)c(N)c1Cl. The van der Waals surface area contributed by atoms with Crippen molar-refractivity contribution in [1.29, 1.82) is 0 Å². The van der Waals surface area contributed by atoms with Gasteiger partial charge in [0.1, 0.15) is 4.90 Å². The molecule has 10 heteroatoms. The first kappa shape index (κ1) is 17.0. The number of anilines is 1. The van der Waals surface area contributed by atoms with Gasteiger partial charge >= 0.3 is 5.97 Å². The standard InChI is InChI=1S/C10H12Cl2N2O5S/c1-19-10(16)6(15)4-14-20(17,18)7-3-2-5(11)9(13)8(7)12/h2-3,6,14-15H,4,13H2,1H3. The van der Waals surface area contributed by atoms with Gasteiger partial charge in [0.25, 0.3) is 0 Å². The molecular weight excluding hydrogens is 331 g/mol. The summed E-state index contributed by atoms with van der Waals surface area (Å²) in [6.07, 6.45) is -1.63. The lowest BCUT2D eigenvalue weighted by molar-refractivity contribution is -0.149. The summed E-state index contributed by atoms with van der Waals surface area (Å²) in [5, 5.41) is 9.19. The van der Waals surface area contributed by atoms with E-state index in [1.807, 2.05) is 4.72 Å². The monoisotopic (exact) mass is 342 g/mol. The van der Waals surface area contributed by atoms with E-state index in [0.717, 1.165) is 13.2 Å². The molecule has 1 aromatic carbocycles. The van der Waals surface area contributed by atoms with Crippen molar-refractivity contribution in [3.8, 4) is 0 Å². The quantitative estimate of drug-likeness (QED) is 0.526. The topological polar surface area (TPSA) is 119 Å². The molecule has 0 saturated carbocycles. The second kappa shape index (κ2) is 6.59. The van der Waals surface area contributed by atoms with Gasteiger partial charge in [-0.15, -0.1) is 0 Å². The minimum absolute atomic E-state index is 0.0790. The van der Waals surface area contributed by atoms with Crippen LogP contribution in [0.3, 0.4) is 0 Å². The normalized spacial score (nSPS) is 13.0. The lowest BCUT2D eigenvalue weighted by Gasteiger charge is -2.12. The van der Waals surface area contributed by atoms with Crippen LogP contribution in [-0.4, -0.2) is 39.3 Å². The Hall–Kier alpha value is -1.06. The Balaban J connectivity index is 2.96. The molecule has 1 atom stereocenters. The molecule has 4 N–H and O–H groups in total. The number of hydrogen-bond acceptors (Lipinski definition) is 6. The van der Waals surface area contributed by atoms with Crippen molar-refractivity contribution in [3.05, 3.63) is 22.2 Å².